The minimum Gasteiger partial charge on any atom is -0.399 e. The second-order valence-electron chi connectivity index (χ2n) is 29.2. The first-order chi connectivity index (χ1) is 53.7. The maximum atomic E-state index is 15.1. The summed E-state index contributed by atoms with van der Waals surface area (Å²) >= 11 is 3.51. The molecular weight excluding hydrogens is 1440 g/mol. The average molecular weight is 1520 g/mol. The van der Waals surface area contributed by atoms with Gasteiger partial charge in [-0.05, 0) is 184 Å². The van der Waals surface area contributed by atoms with E-state index in [4.69, 9.17) is 9.31 Å². The van der Waals surface area contributed by atoms with Crippen LogP contribution < -0.4 is 37.3 Å². The molecule has 0 saturated carbocycles. The fraction of sp³-hybridized carbons (Fsp3) is 0.0588. The normalized spacial score (nSPS) is 13.3. The lowest BCUT2D eigenvalue weighted by molar-refractivity contribution is 0.00578. The molecule has 0 bridgehead atoms. The van der Waals surface area contributed by atoms with Crippen LogP contribution in [0.1, 0.15) is 27.7 Å². The molecule has 18 aromatic carbocycles. The van der Waals surface area contributed by atoms with E-state index < -0.39 is 32.6 Å². The molecule has 0 aromatic heterocycles. The zero-order valence-corrected chi connectivity index (χ0v) is 65.0. The van der Waals surface area contributed by atoms with Gasteiger partial charge in [0.05, 0.1) is 11.2 Å². The minimum atomic E-state index is -3.07. The lowest BCUT2D eigenvalue weighted by atomic mass is 9.71. The molecule has 1 fully saturated rings. The Labute approximate surface area is 652 Å². The Morgan fingerprint density at radius 3 is 0.836 bits per heavy atom. The summed E-state index contributed by atoms with van der Waals surface area (Å²) in [5.41, 5.74) is 12.5. The van der Waals surface area contributed by atoms with Crippen molar-refractivity contribution >= 4 is 139 Å². The third kappa shape index (κ3) is 13.5. The van der Waals surface area contributed by atoms with Crippen molar-refractivity contribution in [3.05, 3.63) is 405 Å². The average Bonchev–Trinajstić information content (AvgIpc) is 1.30. The summed E-state index contributed by atoms with van der Waals surface area (Å²) in [7, 11) is -6.40. The Bertz CT molecular complexity index is 6300. The maximum absolute atomic E-state index is 15.1. The monoisotopic (exact) mass is 1520 g/mol. The van der Waals surface area contributed by atoms with Gasteiger partial charge in [0.2, 0.25) is 0 Å². The highest BCUT2D eigenvalue weighted by Gasteiger charge is 2.52. The van der Waals surface area contributed by atoms with Gasteiger partial charge in [-0.3, -0.25) is 0 Å². The van der Waals surface area contributed by atoms with Crippen LogP contribution in [0.15, 0.2) is 405 Å². The van der Waals surface area contributed by atoms with E-state index in [1.165, 1.54) is 93.2 Å². The molecule has 110 heavy (non-hydrogen) atoms. The van der Waals surface area contributed by atoms with Crippen molar-refractivity contribution in [2.75, 3.05) is 0 Å². The molecule has 1 saturated heterocycles. The number of benzene rings is 18. The van der Waals surface area contributed by atoms with E-state index in [0.29, 0.717) is 0 Å². The van der Waals surface area contributed by atoms with Crippen molar-refractivity contribution in [3.63, 3.8) is 0 Å². The summed E-state index contributed by atoms with van der Waals surface area (Å²) in [5.74, 6) is 0. The molecule has 0 unspecified atom stereocenters. The van der Waals surface area contributed by atoms with Gasteiger partial charge in [-0.25, -0.2) is 0 Å². The lowest BCUT2D eigenvalue weighted by Crippen LogP contribution is -2.41. The van der Waals surface area contributed by atoms with E-state index in [2.05, 4.69) is 304 Å². The summed E-state index contributed by atoms with van der Waals surface area (Å²) in [4.78, 5) is 0. The number of halogens is 1. The van der Waals surface area contributed by atoms with Gasteiger partial charge in [-0.2, -0.15) is 0 Å². The van der Waals surface area contributed by atoms with Crippen molar-refractivity contribution in [1.29, 1.82) is 0 Å². The highest BCUT2D eigenvalue weighted by Crippen LogP contribution is 2.48. The summed E-state index contributed by atoms with van der Waals surface area (Å²) in [6.07, 6.45) is 0. The molecule has 4 nitrogen and oxygen atoms in total. The SMILES string of the molecule is CC1(C)OB(c2c3ccccc3c(-c3ccc(-c4ccccc4)cc3)c3ccccc23)OC1(C)C.O=P(c1ccccc1)(c1ccccc1)c1ccc2cc(-c3c4ccccc4c(-c4ccc(-c5ccccc5)cc4)c4ccccc34)ccc2c1.O=P(c1ccccc1)(c1ccccc1)c1ccc2cc(Br)ccc2c1. The van der Waals surface area contributed by atoms with Gasteiger partial charge in [0, 0.05) is 36.3 Å². The smallest absolute Gasteiger partial charge is 0.399 e. The third-order valence-corrected chi connectivity index (χ3v) is 28.7. The van der Waals surface area contributed by atoms with E-state index in [1.807, 2.05) is 140 Å². The topological polar surface area (TPSA) is 52.6 Å². The van der Waals surface area contributed by atoms with Crippen LogP contribution in [0.5, 0.6) is 0 Å². The molecular formula is C102H78BBrO4P2. The standard InChI is InChI=1S/C48H33OP.C32H29BO2.C22H16BrOP/c49-50(40-16-6-2-7-17-40,41-18-8-3-9-19-41)42-31-30-37-32-39(29-28-38(37)33-42)48-45-22-12-10-20-43(45)47(44-21-11-13-23-46(44)48)36-26-24-35(25-27-36)34-14-4-1-5-15-34;1-31(2)32(3,4)35-33(34-31)30-27-16-10-8-14-25(27)29(26-15-9-11-17-28(26)30)24-20-18-23(19-21-24)22-12-6-5-7-13-22;23-19-13-11-18-16-22(14-12-17(18)15-19)25(24,20-7-3-1-4-8-20)21-9-5-2-6-10-21/h1-33H;5-21H,1-4H3;1-16H. The number of hydrogen-bond acceptors (Lipinski definition) is 4. The zero-order chi connectivity index (χ0) is 75.0. The molecule has 0 atom stereocenters. The van der Waals surface area contributed by atoms with Gasteiger partial charge in [0.1, 0.15) is 0 Å². The Balaban J connectivity index is 0.000000128. The molecule has 0 radical (unpaired) electrons. The predicted molar refractivity (Wildman–Crippen MR) is 474 cm³/mol. The van der Waals surface area contributed by atoms with Crippen LogP contribution in [0.4, 0.5) is 0 Å². The van der Waals surface area contributed by atoms with Crippen LogP contribution in [0.2, 0.25) is 0 Å². The van der Waals surface area contributed by atoms with E-state index in [9.17, 15) is 4.57 Å². The van der Waals surface area contributed by atoms with E-state index in [-0.39, 0.29) is 0 Å². The zero-order valence-electron chi connectivity index (χ0n) is 61.6. The van der Waals surface area contributed by atoms with Gasteiger partial charge in [-0.1, -0.05) is 386 Å². The Morgan fingerprint density at radius 1 is 0.236 bits per heavy atom. The van der Waals surface area contributed by atoms with Crippen LogP contribution in [0.25, 0.3) is 120 Å². The second-order valence-corrected chi connectivity index (χ2v) is 35.6. The third-order valence-electron chi connectivity index (χ3n) is 22.1. The molecule has 1 aliphatic rings. The first kappa shape index (κ1) is 71.4. The first-order valence-electron chi connectivity index (χ1n) is 37.4. The summed E-state index contributed by atoms with van der Waals surface area (Å²) in [6.45, 7) is 8.44. The highest BCUT2D eigenvalue weighted by atomic mass is 79.9. The first-order valence-corrected chi connectivity index (χ1v) is 41.6. The highest BCUT2D eigenvalue weighted by molar-refractivity contribution is 9.10. The molecule has 530 valence electrons. The number of hydrogen-bond donors (Lipinski definition) is 0. The fourth-order valence-electron chi connectivity index (χ4n) is 15.8. The van der Waals surface area contributed by atoms with Gasteiger partial charge >= 0.3 is 7.12 Å². The van der Waals surface area contributed by atoms with Crippen molar-refractivity contribution in [3.8, 4) is 55.6 Å². The van der Waals surface area contributed by atoms with Crippen molar-refractivity contribution in [1.82, 2.24) is 0 Å². The van der Waals surface area contributed by atoms with Crippen molar-refractivity contribution < 1.29 is 18.4 Å². The Kier molecular flexibility index (Phi) is 19.5. The Hall–Kier alpha value is -11.6. The fourth-order valence-corrected chi connectivity index (χ4v) is 21.5. The van der Waals surface area contributed by atoms with Gasteiger partial charge in [0.15, 0.2) is 14.3 Å². The van der Waals surface area contributed by atoms with Gasteiger partial charge in [0.25, 0.3) is 0 Å². The molecule has 1 aliphatic heterocycles. The second kappa shape index (κ2) is 30.1. The maximum Gasteiger partial charge on any atom is 0.496 e. The number of fused-ring (bicyclic) bond motifs is 6. The molecule has 19 rings (SSSR count). The minimum absolute atomic E-state index is 0.397. The number of rotatable bonds is 12. The largest absolute Gasteiger partial charge is 0.496 e. The van der Waals surface area contributed by atoms with Gasteiger partial charge < -0.3 is 18.4 Å². The molecule has 0 N–H and O–H groups in total. The molecule has 0 spiro atoms. The molecule has 1 heterocycles. The summed E-state index contributed by atoms with van der Waals surface area (Å²) in [6, 6.07) is 138. The van der Waals surface area contributed by atoms with E-state index in [1.54, 1.807) is 0 Å². The molecule has 0 aliphatic carbocycles. The van der Waals surface area contributed by atoms with E-state index in [0.717, 1.165) is 68.9 Å². The van der Waals surface area contributed by atoms with Crippen LogP contribution in [0.3, 0.4) is 0 Å². The van der Waals surface area contributed by atoms with Crippen molar-refractivity contribution in [2.24, 2.45) is 0 Å². The predicted octanol–water partition coefficient (Wildman–Crippen LogP) is 24.7. The van der Waals surface area contributed by atoms with Crippen molar-refractivity contribution in [2.45, 2.75) is 38.9 Å². The Morgan fingerprint density at radius 2 is 0.482 bits per heavy atom. The molecule has 0 amide bonds. The van der Waals surface area contributed by atoms with Crippen LogP contribution in [-0.2, 0) is 18.4 Å². The van der Waals surface area contributed by atoms with Crippen LogP contribution in [0, 0.1) is 0 Å². The summed E-state index contributed by atoms with van der Waals surface area (Å²) < 4.78 is 43.6. The lowest BCUT2D eigenvalue weighted by Gasteiger charge is -2.32. The molecule has 18 aromatic rings. The molecule has 8 heteroatoms. The van der Waals surface area contributed by atoms with Crippen LogP contribution >= 0.6 is 30.2 Å². The van der Waals surface area contributed by atoms with Gasteiger partial charge in [-0.15, -0.1) is 0 Å². The van der Waals surface area contributed by atoms with Crippen LogP contribution in [-0.4, -0.2) is 18.3 Å². The van der Waals surface area contributed by atoms with E-state index >= 15 is 4.57 Å². The quantitative estimate of drug-likeness (QED) is 0.0695. The summed E-state index contributed by atoms with van der Waals surface area (Å²) in [5, 5.41) is 19.2.